The van der Waals surface area contributed by atoms with Crippen LogP contribution in [0.4, 0.5) is 0 Å². The molecule has 1 aromatic heterocycles. The standard InChI is InChI=1S/C21H31N5O2/c1-22-21(23-10-5-12-27-16-19-9-13-28-17-19)24-11-8-18-14-25-26(15-18)20-6-3-2-4-7-20/h2-4,6-7,14-15,19H,5,8-13,16-17H2,1H3,(H2,22,23,24). The molecule has 2 aromatic rings. The van der Waals surface area contributed by atoms with Gasteiger partial charge in [0.05, 0.1) is 25.1 Å². The monoisotopic (exact) mass is 385 g/mol. The molecule has 0 amide bonds. The summed E-state index contributed by atoms with van der Waals surface area (Å²) in [4.78, 5) is 4.27. The minimum Gasteiger partial charge on any atom is -0.381 e. The first-order chi connectivity index (χ1) is 13.8. The Kier molecular flexibility index (Phi) is 8.33. The zero-order valence-corrected chi connectivity index (χ0v) is 16.6. The third-order valence-electron chi connectivity index (χ3n) is 4.72. The summed E-state index contributed by atoms with van der Waals surface area (Å²) >= 11 is 0. The van der Waals surface area contributed by atoms with Gasteiger partial charge in [-0.05, 0) is 37.0 Å². The van der Waals surface area contributed by atoms with Crippen molar-refractivity contribution in [2.75, 3.05) is 46.6 Å². The summed E-state index contributed by atoms with van der Waals surface area (Å²) < 4.78 is 13.0. The Labute approximate surface area is 167 Å². The molecule has 1 saturated heterocycles. The van der Waals surface area contributed by atoms with Gasteiger partial charge in [0, 0.05) is 45.5 Å². The number of benzene rings is 1. The van der Waals surface area contributed by atoms with Crippen LogP contribution < -0.4 is 10.6 Å². The first-order valence-corrected chi connectivity index (χ1v) is 10.0. The lowest BCUT2D eigenvalue weighted by atomic mass is 10.1. The molecule has 7 nitrogen and oxygen atoms in total. The zero-order valence-electron chi connectivity index (χ0n) is 16.6. The molecule has 0 saturated carbocycles. The lowest BCUT2D eigenvalue weighted by Crippen LogP contribution is -2.39. The number of aromatic nitrogens is 2. The number of hydrogen-bond donors (Lipinski definition) is 2. The van der Waals surface area contributed by atoms with Crippen LogP contribution in [0.1, 0.15) is 18.4 Å². The molecule has 1 aliphatic rings. The summed E-state index contributed by atoms with van der Waals surface area (Å²) in [6.07, 6.45) is 6.95. The predicted octanol–water partition coefficient (Wildman–Crippen LogP) is 2.02. The Morgan fingerprint density at radius 1 is 1.29 bits per heavy atom. The van der Waals surface area contributed by atoms with Crippen molar-refractivity contribution in [3.63, 3.8) is 0 Å². The number of guanidine groups is 1. The van der Waals surface area contributed by atoms with Crippen LogP contribution in [0.5, 0.6) is 0 Å². The third kappa shape index (κ3) is 6.65. The van der Waals surface area contributed by atoms with Crippen LogP contribution in [0.25, 0.3) is 5.69 Å². The number of ether oxygens (including phenoxy) is 2. The van der Waals surface area contributed by atoms with Gasteiger partial charge in [-0.1, -0.05) is 18.2 Å². The lowest BCUT2D eigenvalue weighted by molar-refractivity contribution is 0.0888. The topological polar surface area (TPSA) is 72.7 Å². The molecule has 0 radical (unpaired) electrons. The van der Waals surface area contributed by atoms with Gasteiger partial charge in [0.2, 0.25) is 0 Å². The molecule has 152 valence electrons. The van der Waals surface area contributed by atoms with Gasteiger partial charge < -0.3 is 20.1 Å². The van der Waals surface area contributed by atoms with Crippen LogP contribution in [0.3, 0.4) is 0 Å². The fourth-order valence-electron chi connectivity index (χ4n) is 3.10. The number of nitrogens with zero attached hydrogens (tertiary/aromatic N) is 3. The van der Waals surface area contributed by atoms with E-state index in [1.807, 2.05) is 41.2 Å². The zero-order chi connectivity index (χ0) is 19.4. The maximum atomic E-state index is 5.72. The van der Waals surface area contributed by atoms with Gasteiger partial charge in [-0.2, -0.15) is 5.10 Å². The molecule has 2 N–H and O–H groups in total. The van der Waals surface area contributed by atoms with E-state index in [1.54, 1.807) is 7.05 Å². The minimum atomic E-state index is 0.577. The van der Waals surface area contributed by atoms with Gasteiger partial charge in [0.15, 0.2) is 5.96 Å². The fraction of sp³-hybridized carbons (Fsp3) is 0.524. The van der Waals surface area contributed by atoms with Crippen molar-refractivity contribution in [3.05, 3.63) is 48.3 Å². The SMILES string of the molecule is CN=C(NCCCOCC1CCOC1)NCCc1cnn(-c2ccccc2)c1. The maximum absolute atomic E-state index is 5.72. The molecule has 1 fully saturated rings. The molecule has 1 unspecified atom stereocenters. The highest BCUT2D eigenvalue weighted by Crippen LogP contribution is 2.12. The first-order valence-electron chi connectivity index (χ1n) is 10.0. The fourth-order valence-corrected chi connectivity index (χ4v) is 3.10. The number of hydrogen-bond acceptors (Lipinski definition) is 4. The summed E-state index contributed by atoms with van der Waals surface area (Å²) in [5.41, 5.74) is 2.26. The summed E-state index contributed by atoms with van der Waals surface area (Å²) in [5.74, 6) is 1.40. The quantitative estimate of drug-likeness (QED) is 0.372. The second-order valence-corrected chi connectivity index (χ2v) is 6.96. The molecule has 7 heteroatoms. The van der Waals surface area contributed by atoms with Crippen LogP contribution in [0.2, 0.25) is 0 Å². The van der Waals surface area contributed by atoms with Crippen LogP contribution in [0.15, 0.2) is 47.7 Å². The van der Waals surface area contributed by atoms with Crippen molar-refractivity contribution >= 4 is 5.96 Å². The van der Waals surface area contributed by atoms with E-state index >= 15 is 0 Å². The Bertz CT molecular complexity index is 711. The van der Waals surface area contributed by atoms with E-state index in [0.29, 0.717) is 5.92 Å². The third-order valence-corrected chi connectivity index (χ3v) is 4.72. The summed E-state index contributed by atoms with van der Waals surface area (Å²) in [6.45, 7) is 4.94. The lowest BCUT2D eigenvalue weighted by Gasteiger charge is -2.12. The Morgan fingerprint density at radius 2 is 2.14 bits per heavy atom. The van der Waals surface area contributed by atoms with Crippen molar-refractivity contribution in [1.29, 1.82) is 0 Å². The Hall–Kier alpha value is -2.38. The van der Waals surface area contributed by atoms with Crippen molar-refractivity contribution in [1.82, 2.24) is 20.4 Å². The molecular weight excluding hydrogens is 354 g/mol. The minimum absolute atomic E-state index is 0.577. The van der Waals surface area contributed by atoms with Gasteiger partial charge >= 0.3 is 0 Å². The largest absolute Gasteiger partial charge is 0.381 e. The van der Waals surface area contributed by atoms with E-state index in [2.05, 4.69) is 26.9 Å². The van der Waals surface area contributed by atoms with Crippen LogP contribution in [-0.4, -0.2) is 62.3 Å². The van der Waals surface area contributed by atoms with Crippen molar-refractivity contribution in [3.8, 4) is 5.69 Å². The van der Waals surface area contributed by atoms with Crippen molar-refractivity contribution < 1.29 is 9.47 Å². The molecule has 1 aromatic carbocycles. The molecule has 28 heavy (non-hydrogen) atoms. The van der Waals surface area contributed by atoms with E-state index in [1.165, 1.54) is 5.56 Å². The second-order valence-electron chi connectivity index (χ2n) is 6.96. The van der Waals surface area contributed by atoms with E-state index in [9.17, 15) is 0 Å². The highest BCUT2D eigenvalue weighted by atomic mass is 16.5. The summed E-state index contributed by atoms with van der Waals surface area (Å²) in [7, 11) is 1.79. The molecule has 2 heterocycles. The van der Waals surface area contributed by atoms with Crippen molar-refractivity contribution in [2.24, 2.45) is 10.9 Å². The van der Waals surface area contributed by atoms with Crippen LogP contribution >= 0.6 is 0 Å². The van der Waals surface area contributed by atoms with Gasteiger partial charge in [-0.3, -0.25) is 4.99 Å². The number of para-hydroxylation sites is 1. The molecular formula is C21H31N5O2. The van der Waals surface area contributed by atoms with E-state index in [4.69, 9.17) is 9.47 Å². The molecule has 1 aliphatic heterocycles. The molecule has 3 rings (SSSR count). The summed E-state index contributed by atoms with van der Waals surface area (Å²) in [5, 5.41) is 11.1. The number of rotatable bonds is 10. The highest BCUT2D eigenvalue weighted by Gasteiger charge is 2.15. The first kappa shape index (κ1) is 20.4. The van der Waals surface area contributed by atoms with Crippen LogP contribution in [0, 0.1) is 5.92 Å². The molecule has 0 bridgehead atoms. The van der Waals surface area contributed by atoms with Crippen molar-refractivity contribution in [2.45, 2.75) is 19.3 Å². The summed E-state index contributed by atoms with van der Waals surface area (Å²) in [6, 6.07) is 10.1. The molecule has 1 atom stereocenters. The highest BCUT2D eigenvalue weighted by molar-refractivity contribution is 5.79. The average molecular weight is 386 g/mol. The van der Waals surface area contributed by atoms with E-state index < -0.39 is 0 Å². The predicted molar refractivity (Wildman–Crippen MR) is 111 cm³/mol. The Balaban J connectivity index is 1.27. The van der Waals surface area contributed by atoms with Gasteiger partial charge in [-0.25, -0.2) is 4.68 Å². The van der Waals surface area contributed by atoms with Gasteiger partial charge in [0.1, 0.15) is 0 Å². The smallest absolute Gasteiger partial charge is 0.190 e. The van der Waals surface area contributed by atoms with E-state index in [0.717, 1.165) is 70.4 Å². The van der Waals surface area contributed by atoms with Gasteiger partial charge in [-0.15, -0.1) is 0 Å². The van der Waals surface area contributed by atoms with Crippen LogP contribution in [-0.2, 0) is 15.9 Å². The van der Waals surface area contributed by atoms with Gasteiger partial charge in [0.25, 0.3) is 0 Å². The maximum Gasteiger partial charge on any atom is 0.190 e. The van der Waals surface area contributed by atoms with E-state index in [-0.39, 0.29) is 0 Å². The molecule has 0 aliphatic carbocycles. The number of aliphatic imine (C=N–C) groups is 1. The molecule has 0 spiro atoms. The number of nitrogens with one attached hydrogen (secondary N) is 2. The second kappa shape index (κ2) is 11.5. The Morgan fingerprint density at radius 3 is 2.93 bits per heavy atom. The average Bonchev–Trinajstić information content (AvgIpc) is 3.42. The normalized spacial score (nSPS) is 17.0.